The van der Waals surface area contributed by atoms with Crippen molar-refractivity contribution < 1.29 is 4.79 Å². The Morgan fingerprint density at radius 2 is 1.86 bits per heavy atom. The minimum Gasteiger partial charge on any atom is -0.350 e. The van der Waals surface area contributed by atoms with E-state index in [1.165, 1.54) is 12.8 Å². The molecule has 0 bridgehead atoms. The lowest BCUT2D eigenvalue weighted by Crippen LogP contribution is -2.52. The second-order valence-corrected chi connectivity index (χ2v) is 5.03. The molecule has 0 spiro atoms. The second-order valence-electron chi connectivity index (χ2n) is 5.03. The highest BCUT2D eigenvalue weighted by atomic mass is 16.2. The van der Waals surface area contributed by atoms with Crippen molar-refractivity contribution in [3.05, 3.63) is 0 Å². The molecule has 1 saturated carbocycles. The van der Waals surface area contributed by atoms with Crippen molar-refractivity contribution in [1.82, 2.24) is 5.32 Å². The Morgan fingerprint density at radius 1 is 1.36 bits per heavy atom. The molecule has 1 rings (SSSR count). The van der Waals surface area contributed by atoms with Gasteiger partial charge in [-0.15, -0.1) is 0 Å². The summed E-state index contributed by atoms with van der Waals surface area (Å²) in [6.45, 7) is 6.06. The van der Waals surface area contributed by atoms with E-state index in [-0.39, 0.29) is 23.4 Å². The van der Waals surface area contributed by atoms with Crippen molar-refractivity contribution >= 4 is 5.91 Å². The Balaban J connectivity index is 2.47. The maximum absolute atomic E-state index is 11.7. The fourth-order valence-corrected chi connectivity index (χ4v) is 1.96. The predicted octanol–water partition coefficient (Wildman–Crippen LogP) is 1.42. The van der Waals surface area contributed by atoms with Crippen LogP contribution in [0.1, 0.15) is 46.5 Å². The smallest absolute Gasteiger partial charge is 0.237 e. The molecule has 82 valence electrons. The maximum Gasteiger partial charge on any atom is 0.237 e. The Morgan fingerprint density at radius 3 is 2.29 bits per heavy atom. The van der Waals surface area contributed by atoms with E-state index in [0.29, 0.717) is 0 Å². The normalized spacial score (nSPS) is 22.4. The molecular weight excluding hydrogens is 176 g/mol. The molecule has 1 aliphatic rings. The molecule has 0 aromatic rings. The van der Waals surface area contributed by atoms with E-state index in [1.54, 1.807) is 0 Å². The molecule has 1 atom stereocenters. The summed E-state index contributed by atoms with van der Waals surface area (Å²) in [7, 11) is 0. The van der Waals surface area contributed by atoms with Crippen molar-refractivity contribution in [2.75, 3.05) is 0 Å². The van der Waals surface area contributed by atoms with Gasteiger partial charge < -0.3 is 11.1 Å². The Bertz CT molecular complexity index is 207. The third-order valence-corrected chi connectivity index (χ3v) is 3.15. The molecule has 0 aromatic carbocycles. The monoisotopic (exact) mass is 198 g/mol. The molecule has 3 N–H and O–H groups in total. The van der Waals surface area contributed by atoms with Gasteiger partial charge in [0.05, 0.1) is 6.04 Å². The van der Waals surface area contributed by atoms with Crippen LogP contribution in [0.15, 0.2) is 0 Å². The van der Waals surface area contributed by atoms with Crippen LogP contribution in [-0.2, 0) is 4.79 Å². The van der Waals surface area contributed by atoms with Crippen LogP contribution in [0.5, 0.6) is 0 Å². The van der Waals surface area contributed by atoms with Crippen molar-refractivity contribution in [2.24, 2.45) is 11.7 Å². The van der Waals surface area contributed by atoms with Crippen LogP contribution in [0.2, 0.25) is 0 Å². The molecule has 0 aromatic heterocycles. The zero-order chi connectivity index (χ0) is 10.8. The average molecular weight is 198 g/mol. The fourth-order valence-electron chi connectivity index (χ4n) is 1.96. The standard InChI is InChI=1S/C11H22N2O/c1-8(2)9(12)10(14)13-11(3)6-4-5-7-11/h8-9H,4-7,12H2,1-3H3,(H,13,14)/t9-/m0/s1. The van der Waals surface area contributed by atoms with Crippen molar-refractivity contribution in [2.45, 2.75) is 58.0 Å². The quantitative estimate of drug-likeness (QED) is 0.720. The van der Waals surface area contributed by atoms with E-state index in [4.69, 9.17) is 5.73 Å². The lowest BCUT2D eigenvalue weighted by atomic mass is 9.98. The van der Waals surface area contributed by atoms with Gasteiger partial charge in [0.1, 0.15) is 0 Å². The van der Waals surface area contributed by atoms with Crippen molar-refractivity contribution in [1.29, 1.82) is 0 Å². The van der Waals surface area contributed by atoms with Crippen LogP contribution in [0.3, 0.4) is 0 Å². The average Bonchev–Trinajstić information content (AvgIpc) is 2.50. The van der Waals surface area contributed by atoms with Crippen LogP contribution < -0.4 is 11.1 Å². The van der Waals surface area contributed by atoms with Gasteiger partial charge in [-0.3, -0.25) is 4.79 Å². The SMILES string of the molecule is CC(C)[C@H](N)C(=O)NC1(C)CCCC1. The lowest BCUT2D eigenvalue weighted by Gasteiger charge is -2.28. The minimum absolute atomic E-state index is 0.00356. The molecule has 0 radical (unpaired) electrons. The fraction of sp³-hybridized carbons (Fsp3) is 0.909. The molecule has 14 heavy (non-hydrogen) atoms. The largest absolute Gasteiger partial charge is 0.350 e. The number of amides is 1. The molecule has 0 heterocycles. The van der Waals surface area contributed by atoms with E-state index >= 15 is 0 Å². The summed E-state index contributed by atoms with van der Waals surface area (Å²) in [5, 5.41) is 3.07. The maximum atomic E-state index is 11.7. The molecule has 3 heteroatoms. The van der Waals surface area contributed by atoms with E-state index in [9.17, 15) is 4.79 Å². The van der Waals surface area contributed by atoms with Crippen molar-refractivity contribution in [3.8, 4) is 0 Å². The number of nitrogens with one attached hydrogen (secondary N) is 1. The molecule has 3 nitrogen and oxygen atoms in total. The van der Waals surface area contributed by atoms with Gasteiger partial charge in [-0.25, -0.2) is 0 Å². The van der Waals surface area contributed by atoms with Gasteiger partial charge in [0, 0.05) is 5.54 Å². The third-order valence-electron chi connectivity index (χ3n) is 3.15. The van der Waals surface area contributed by atoms with Crippen LogP contribution in [0.4, 0.5) is 0 Å². The van der Waals surface area contributed by atoms with Crippen LogP contribution in [0.25, 0.3) is 0 Å². The van der Waals surface area contributed by atoms with E-state index in [1.807, 2.05) is 13.8 Å². The molecular formula is C11H22N2O. The summed E-state index contributed by atoms with van der Waals surface area (Å²) in [6.07, 6.45) is 4.61. The zero-order valence-electron chi connectivity index (χ0n) is 9.47. The first-order valence-electron chi connectivity index (χ1n) is 5.52. The summed E-state index contributed by atoms with van der Waals surface area (Å²) in [5.74, 6) is 0.212. The number of hydrogen-bond acceptors (Lipinski definition) is 2. The Kier molecular flexibility index (Phi) is 3.53. The first kappa shape index (κ1) is 11.5. The van der Waals surface area contributed by atoms with Gasteiger partial charge >= 0.3 is 0 Å². The molecule has 1 amide bonds. The Labute approximate surface area is 86.4 Å². The molecule has 0 aliphatic heterocycles. The second kappa shape index (κ2) is 4.30. The summed E-state index contributed by atoms with van der Waals surface area (Å²) in [5.41, 5.74) is 5.79. The van der Waals surface area contributed by atoms with Gasteiger partial charge in [-0.1, -0.05) is 26.7 Å². The first-order valence-corrected chi connectivity index (χ1v) is 5.52. The van der Waals surface area contributed by atoms with E-state index < -0.39 is 0 Å². The number of carbonyl (C=O) groups is 1. The lowest BCUT2D eigenvalue weighted by molar-refractivity contribution is -0.125. The van der Waals surface area contributed by atoms with Crippen LogP contribution in [-0.4, -0.2) is 17.5 Å². The predicted molar refractivity (Wildman–Crippen MR) is 57.8 cm³/mol. The molecule has 0 saturated heterocycles. The minimum atomic E-state index is -0.368. The van der Waals surface area contributed by atoms with Crippen LogP contribution >= 0.6 is 0 Å². The highest BCUT2D eigenvalue weighted by Crippen LogP contribution is 2.28. The highest BCUT2D eigenvalue weighted by molar-refractivity contribution is 5.82. The molecule has 1 aliphatic carbocycles. The van der Waals surface area contributed by atoms with Gasteiger partial charge in [0.15, 0.2) is 0 Å². The van der Waals surface area contributed by atoms with E-state index in [0.717, 1.165) is 12.8 Å². The third kappa shape index (κ3) is 2.71. The topological polar surface area (TPSA) is 55.1 Å². The van der Waals surface area contributed by atoms with E-state index in [2.05, 4.69) is 12.2 Å². The Hall–Kier alpha value is -0.570. The highest BCUT2D eigenvalue weighted by Gasteiger charge is 2.32. The van der Waals surface area contributed by atoms with Gasteiger partial charge in [-0.05, 0) is 25.7 Å². The number of rotatable bonds is 3. The number of nitrogens with two attached hydrogens (primary N) is 1. The number of hydrogen-bond donors (Lipinski definition) is 2. The molecule has 0 unspecified atom stereocenters. The zero-order valence-corrected chi connectivity index (χ0v) is 9.47. The molecule has 1 fully saturated rings. The van der Waals surface area contributed by atoms with Crippen LogP contribution in [0, 0.1) is 5.92 Å². The summed E-state index contributed by atoms with van der Waals surface area (Å²) < 4.78 is 0. The number of carbonyl (C=O) groups excluding carboxylic acids is 1. The van der Waals surface area contributed by atoms with Crippen molar-refractivity contribution in [3.63, 3.8) is 0 Å². The first-order chi connectivity index (χ1) is 6.44. The van der Waals surface area contributed by atoms with Gasteiger partial charge in [-0.2, -0.15) is 0 Å². The summed E-state index contributed by atoms with van der Waals surface area (Å²) in [4.78, 5) is 11.7. The van der Waals surface area contributed by atoms with Gasteiger partial charge in [0.25, 0.3) is 0 Å². The summed E-state index contributed by atoms with van der Waals surface area (Å²) >= 11 is 0. The summed E-state index contributed by atoms with van der Waals surface area (Å²) in [6, 6.07) is -0.368. The van der Waals surface area contributed by atoms with Gasteiger partial charge in [0.2, 0.25) is 5.91 Å².